The lowest BCUT2D eigenvalue weighted by Gasteiger charge is -1.97. The number of nitrogens with one attached hydrogen (secondary N) is 1. The van der Waals surface area contributed by atoms with E-state index < -0.39 is 0 Å². The second-order valence-corrected chi connectivity index (χ2v) is 2.93. The minimum atomic E-state index is -0.290. The van der Waals surface area contributed by atoms with E-state index >= 15 is 0 Å². The summed E-state index contributed by atoms with van der Waals surface area (Å²) in [7, 11) is 0. The Balaban J connectivity index is 2.52. The fourth-order valence-electron chi connectivity index (χ4n) is 1.27. The molecule has 0 fully saturated rings. The van der Waals surface area contributed by atoms with E-state index in [4.69, 9.17) is 0 Å². The number of H-pyrrole nitrogens is 1. The maximum Gasteiger partial charge on any atom is 0.149 e. The molecule has 2 aromatic heterocycles. The molecular weight excluding hydrogens is 167 g/mol. The summed E-state index contributed by atoms with van der Waals surface area (Å²) in [4.78, 5) is 6.70. The molecule has 0 aliphatic heterocycles. The van der Waals surface area contributed by atoms with Gasteiger partial charge in [-0.3, -0.25) is 4.98 Å². The predicted molar refractivity (Wildman–Crippen MR) is 48.7 cm³/mol. The van der Waals surface area contributed by atoms with Crippen LogP contribution in [-0.4, -0.2) is 9.97 Å². The minimum Gasteiger partial charge on any atom is -0.365 e. The van der Waals surface area contributed by atoms with Crippen molar-refractivity contribution in [3.8, 4) is 11.1 Å². The van der Waals surface area contributed by atoms with Crippen LogP contribution in [0.25, 0.3) is 11.1 Å². The Morgan fingerprint density at radius 3 is 2.92 bits per heavy atom. The standard InChI is InChI=1S/C10H9FN2/c1-7-4-8(5-13-7)9-2-3-12-6-10(9)11/h2-6,13H,1H3. The number of aromatic nitrogens is 2. The summed E-state index contributed by atoms with van der Waals surface area (Å²) in [5, 5.41) is 0. The third-order valence-corrected chi connectivity index (χ3v) is 1.91. The van der Waals surface area contributed by atoms with Gasteiger partial charge in [0.05, 0.1) is 6.20 Å². The zero-order valence-electron chi connectivity index (χ0n) is 7.21. The highest BCUT2D eigenvalue weighted by molar-refractivity contribution is 5.63. The number of aromatic amines is 1. The first-order valence-corrected chi connectivity index (χ1v) is 4.02. The molecule has 0 bridgehead atoms. The molecule has 0 atom stereocenters. The van der Waals surface area contributed by atoms with Gasteiger partial charge in [-0.25, -0.2) is 4.39 Å². The fourth-order valence-corrected chi connectivity index (χ4v) is 1.27. The van der Waals surface area contributed by atoms with Crippen molar-refractivity contribution in [2.45, 2.75) is 6.92 Å². The van der Waals surface area contributed by atoms with E-state index in [1.54, 1.807) is 18.5 Å². The molecule has 0 radical (unpaired) electrons. The molecule has 66 valence electrons. The van der Waals surface area contributed by atoms with Crippen LogP contribution < -0.4 is 0 Å². The molecule has 0 spiro atoms. The Morgan fingerprint density at radius 2 is 2.31 bits per heavy atom. The number of rotatable bonds is 1. The van der Waals surface area contributed by atoms with E-state index in [1.807, 2.05) is 13.0 Å². The number of pyridine rings is 1. The highest BCUT2D eigenvalue weighted by Crippen LogP contribution is 2.21. The van der Waals surface area contributed by atoms with Crippen molar-refractivity contribution in [2.24, 2.45) is 0 Å². The summed E-state index contributed by atoms with van der Waals surface area (Å²) in [5.41, 5.74) is 2.46. The lowest BCUT2D eigenvalue weighted by atomic mass is 10.1. The Morgan fingerprint density at radius 1 is 1.46 bits per heavy atom. The van der Waals surface area contributed by atoms with E-state index in [2.05, 4.69) is 9.97 Å². The topological polar surface area (TPSA) is 28.7 Å². The first kappa shape index (κ1) is 7.98. The quantitative estimate of drug-likeness (QED) is 0.710. The van der Waals surface area contributed by atoms with E-state index in [9.17, 15) is 4.39 Å². The van der Waals surface area contributed by atoms with Crippen molar-refractivity contribution >= 4 is 0 Å². The predicted octanol–water partition coefficient (Wildman–Crippen LogP) is 2.52. The monoisotopic (exact) mass is 176 g/mol. The number of halogens is 1. The van der Waals surface area contributed by atoms with Crippen molar-refractivity contribution in [1.82, 2.24) is 9.97 Å². The van der Waals surface area contributed by atoms with Gasteiger partial charge in [-0.1, -0.05) is 0 Å². The fraction of sp³-hybridized carbons (Fsp3) is 0.100. The van der Waals surface area contributed by atoms with Gasteiger partial charge >= 0.3 is 0 Å². The third kappa shape index (κ3) is 1.45. The Hall–Kier alpha value is -1.64. The molecule has 13 heavy (non-hydrogen) atoms. The number of aryl methyl sites for hydroxylation is 1. The molecule has 0 amide bonds. The van der Waals surface area contributed by atoms with Crippen molar-refractivity contribution in [2.75, 3.05) is 0 Å². The smallest absolute Gasteiger partial charge is 0.149 e. The number of nitrogens with zero attached hydrogens (tertiary/aromatic N) is 1. The maximum absolute atomic E-state index is 13.2. The van der Waals surface area contributed by atoms with Gasteiger partial charge in [-0.15, -0.1) is 0 Å². The maximum atomic E-state index is 13.2. The van der Waals surface area contributed by atoms with Gasteiger partial charge in [0.25, 0.3) is 0 Å². The zero-order chi connectivity index (χ0) is 9.26. The molecule has 0 aliphatic carbocycles. The molecule has 3 heteroatoms. The highest BCUT2D eigenvalue weighted by atomic mass is 19.1. The van der Waals surface area contributed by atoms with Crippen molar-refractivity contribution in [1.29, 1.82) is 0 Å². The van der Waals surface area contributed by atoms with Crippen LogP contribution in [0, 0.1) is 12.7 Å². The number of hydrogen-bond acceptors (Lipinski definition) is 1. The number of hydrogen-bond donors (Lipinski definition) is 1. The first-order chi connectivity index (χ1) is 6.27. The van der Waals surface area contributed by atoms with Crippen molar-refractivity contribution in [3.63, 3.8) is 0 Å². The Labute approximate surface area is 75.4 Å². The molecular formula is C10H9FN2. The van der Waals surface area contributed by atoms with E-state index in [0.717, 1.165) is 11.3 Å². The summed E-state index contributed by atoms with van der Waals surface area (Å²) >= 11 is 0. The average Bonchev–Trinajstić information content (AvgIpc) is 2.53. The molecule has 0 saturated carbocycles. The molecule has 0 aromatic carbocycles. The van der Waals surface area contributed by atoms with E-state index in [1.165, 1.54) is 6.20 Å². The SMILES string of the molecule is Cc1cc(-c2ccncc2F)c[nH]1. The molecule has 2 heterocycles. The first-order valence-electron chi connectivity index (χ1n) is 4.02. The summed E-state index contributed by atoms with van der Waals surface area (Å²) < 4.78 is 13.2. The van der Waals surface area contributed by atoms with Gasteiger partial charge in [-0.05, 0) is 19.1 Å². The van der Waals surface area contributed by atoms with E-state index in [-0.39, 0.29) is 5.82 Å². The largest absolute Gasteiger partial charge is 0.365 e. The van der Waals surface area contributed by atoms with Crippen LogP contribution in [-0.2, 0) is 0 Å². The van der Waals surface area contributed by atoms with Gasteiger partial charge in [0.2, 0.25) is 0 Å². The van der Waals surface area contributed by atoms with Crippen LogP contribution in [0.3, 0.4) is 0 Å². The third-order valence-electron chi connectivity index (χ3n) is 1.91. The van der Waals surface area contributed by atoms with Crippen LogP contribution >= 0.6 is 0 Å². The summed E-state index contributed by atoms with van der Waals surface area (Å²) in [6.07, 6.45) is 4.59. The van der Waals surface area contributed by atoms with Crippen LogP contribution in [0.5, 0.6) is 0 Å². The summed E-state index contributed by atoms with van der Waals surface area (Å²) in [5.74, 6) is -0.290. The zero-order valence-corrected chi connectivity index (χ0v) is 7.21. The molecule has 1 N–H and O–H groups in total. The molecule has 0 aliphatic rings. The highest BCUT2D eigenvalue weighted by Gasteiger charge is 2.04. The second kappa shape index (κ2) is 3.01. The second-order valence-electron chi connectivity index (χ2n) is 2.93. The minimum absolute atomic E-state index is 0.290. The van der Waals surface area contributed by atoms with Crippen molar-refractivity contribution in [3.05, 3.63) is 42.2 Å². The van der Waals surface area contributed by atoms with Crippen LogP contribution in [0.15, 0.2) is 30.7 Å². The van der Waals surface area contributed by atoms with Crippen LogP contribution in [0.2, 0.25) is 0 Å². The molecule has 0 unspecified atom stereocenters. The molecule has 0 saturated heterocycles. The van der Waals surface area contributed by atoms with Gasteiger partial charge in [0.15, 0.2) is 0 Å². The lowest BCUT2D eigenvalue weighted by molar-refractivity contribution is 0.625. The summed E-state index contributed by atoms with van der Waals surface area (Å²) in [6.45, 7) is 1.93. The van der Waals surface area contributed by atoms with Gasteiger partial charge in [0, 0.05) is 29.2 Å². The summed E-state index contributed by atoms with van der Waals surface area (Å²) in [6, 6.07) is 3.57. The van der Waals surface area contributed by atoms with Crippen LogP contribution in [0.4, 0.5) is 4.39 Å². The van der Waals surface area contributed by atoms with E-state index in [0.29, 0.717) is 5.56 Å². The van der Waals surface area contributed by atoms with Gasteiger partial charge in [0.1, 0.15) is 5.82 Å². The lowest BCUT2D eigenvalue weighted by Crippen LogP contribution is -1.82. The average molecular weight is 176 g/mol. The van der Waals surface area contributed by atoms with Crippen molar-refractivity contribution < 1.29 is 4.39 Å². The van der Waals surface area contributed by atoms with Gasteiger partial charge < -0.3 is 4.98 Å². The molecule has 2 aromatic rings. The Kier molecular flexibility index (Phi) is 1.85. The molecule has 2 rings (SSSR count). The van der Waals surface area contributed by atoms with Gasteiger partial charge in [-0.2, -0.15) is 0 Å². The molecule has 2 nitrogen and oxygen atoms in total. The normalized spacial score (nSPS) is 10.3. The van der Waals surface area contributed by atoms with Crippen LogP contribution in [0.1, 0.15) is 5.69 Å². The Bertz CT molecular complexity index is 420.